The molecule has 0 unspecified atom stereocenters. The Morgan fingerprint density at radius 3 is 2.60 bits per heavy atom. The number of ether oxygens (including phenoxy) is 1. The molecule has 0 amide bonds. The summed E-state index contributed by atoms with van der Waals surface area (Å²) in [5.74, 6) is 0.622. The van der Waals surface area contributed by atoms with Gasteiger partial charge in [0, 0.05) is 13.0 Å². The smallest absolute Gasteiger partial charge is 0.303 e. The summed E-state index contributed by atoms with van der Waals surface area (Å²) in [5.41, 5.74) is 0. The monoisotopic (exact) mass is 277 g/mol. The van der Waals surface area contributed by atoms with Crippen LogP contribution in [0, 0.1) is 5.92 Å². The van der Waals surface area contributed by atoms with E-state index in [2.05, 4.69) is 4.90 Å². The molecule has 4 heteroatoms. The standard InChI is InChI=1S/C16H23NO3/c18-16(19)13-14-7-10-17(11-8-14)9-4-12-20-15-5-2-1-3-6-15/h1-3,5-6,14H,4,7-13H2,(H,18,19). The molecule has 0 aliphatic carbocycles. The lowest BCUT2D eigenvalue weighted by atomic mass is 9.93. The minimum absolute atomic E-state index is 0.324. The molecule has 1 aromatic rings. The Labute approximate surface area is 120 Å². The minimum Gasteiger partial charge on any atom is -0.494 e. The van der Waals surface area contributed by atoms with Gasteiger partial charge in [0.05, 0.1) is 6.61 Å². The van der Waals surface area contributed by atoms with E-state index in [4.69, 9.17) is 9.84 Å². The van der Waals surface area contributed by atoms with Gasteiger partial charge in [0.25, 0.3) is 0 Å². The molecule has 2 rings (SSSR count). The molecule has 1 N–H and O–H groups in total. The summed E-state index contributed by atoms with van der Waals surface area (Å²) in [4.78, 5) is 13.1. The topological polar surface area (TPSA) is 49.8 Å². The second-order valence-electron chi connectivity index (χ2n) is 5.40. The van der Waals surface area contributed by atoms with Crippen molar-refractivity contribution in [2.45, 2.75) is 25.7 Å². The molecule has 1 saturated heterocycles. The number of hydrogen-bond acceptors (Lipinski definition) is 3. The van der Waals surface area contributed by atoms with Crippen molar-refractivity contribution in [2.24, 2.45) is 5.92 Å². The second kappa shape index (κ2) is 7.90. The van der Waals surface area contributed by atoms with Gasteiger partial charge in [0.2, 0.25) is 0 Å². The highest BCUT2D eigenvalue weighted by Crippen LogP contribution is 2.20. The summed E-state index contributed by atoms with van der Waals surface area (Å²) in [6, 6.07) is 9.87. The third-order valence-electron chi connectivity index (χ3n) is 3.80. The van der Waals surface area contributed by atoms with Crippen molar-refractivity contribution in [1.82, 2.24) is 4.90 Å². The number of nitrogens with zero attached hydrogens (tertiary/aromatic N) is 1. The molecule has 1 heterocycles. The van der Waals surface area contributed by atoms with E-state index in [1.165, 1.54) is 0 Å². The number of benzene rings is 1. The largest absolute Gasteiger partial charge is 0.494 e. The minimum atomic E-state index is -0.667. The van der Waals surface area contributed by atoms with Gasteiger partial charge in [0.1, 0.15) is 5.75 Å². The van der Waals surface area contributed by atoms with Crippen molar-refractivity contribution >= 4 is 5.97 Å². The lowest BCUT2D eigenvalue weighted by Gasteiger charge is -2.31. The SMILES string of the molecule is O=C(O)CC1CCN(CCCOc2ccccc2)CC1. The Balaban J connectivity index is 1.56. The summed E-state index contributed by atoms with van der Waals surface area (Å²) < 4.78 is 5.67. The molecule has 0 saturated carbocycles. The maximum atomic E-state index is 10.7. The van der Waals surface area contributed by atoms with Crippen LogP contribution in [0.3, 0.4) is 0 Å². The van der Waals surface area contributed by atoms with Crippen LogP contribution in [0.4, 0.5) is 0 Å². The van der Waals surface area contributed by atoms with Crippen LogP contribution in [0.15, 0.2) is 30.3 Å². The molecule has 1 aromatic carbocycles. The van der Waals surface area contributed by atoms with E-state index in [1.807, 2.05) is 30.3 Å². The maximum Gasteiger partial charge on any atom is 0.303 e. The highest BCUT2D eigenvalue weighted by molar-refractivity contribution is 5.67. The number of piperidine rings is 1. The van der Waals surface area contributed by atoms with Gasteiger partial charge in [-0.25, -0.2) is 0 Å². The molecule has 1 fully saturated rings. The summed E-state index contributed by atoms with van der Waals surface area (Å²) >= 11 is 0. The van der Waals surface area contributed by atoms with E-state index < -0.39 is 5.97 Å². The van der Waals surface area contributed by atoms with Crippen molar-refractivity contribution < 1.29 is 14.6 Å². The summed E-state index contributed by atoms with van der Waals surface area (Å²) in [6.07, 6.45) is 3.35. The molecule has 0 aromatic heterocycles. The normalized spacial score (nSPS) is 17.0. The molecular formula is C16H23NO3. The van der Waals surface area contributed by atoms with Crippen LogP contribution in [-0.2, 0) is 4.79 Å². The van der Waals surface area contributed by atoms with Crippen molar-refractivity contribution in [3.63, 3.8) is 0 Å². The first kappa shape index (κ1) is 14.9. The van der Waals surface area contributed by atoms with Crippen LogP contribution < -0.4 is 4.74 Å². The lowest BCUT2D eigenvalue weighted by molar-refractivity contribution is -0.138. The van der Waals surface area contributed by atoms with Crippen LogP contribution in [0.1, 0.15) is 25.7 Å². The first-order chi connectivity index (χ1) is 9.74. The molecule has 0 bridgehead atoms. The first-order valence-electron chi connectivity index (χ1n) is 7.36. The molecule has 110 valence electrons. The number of aliphatic carboxylic acids is 1. The Morgan fingerprint density at radius 1 is 1.25 bits per heavy atom. The third-order valence-corrected chi connectivity index (χ3v) is 3.80. The maximum absolute atomic E-state index is 10.7. The summed E-state index contributed by atoms with van der Waals surface area (Å²) in [5, 5.41) is 8.78. The Hall–Kier alpha value is -1.55. The van der Waals surface area contributed by atoms with E-state index in [0.717, 1.165) is 51.3 Å². The predicted molar refractivity (Wildman–Crippen MR) is 78.0 cm³/mol. The quantitative estimate of drug-likeness (QED) is 0.778. The number of rotatable bonds is 7. The second-order valence-corrected chi connectivity index (χ2v) is 5.40. The predicted octanol–water partition coefficient (Wildman–Crippen LogP) is 2.64. The lowest BCUT2D eigenvalue weighted by Crippen LogP contribution is -2.35. The highest BCUT2D eigenvalue weighted by atomic mass is 16.5. The van der Waals surface area contributed by atoms with E-state index in [-0.39, 0.29) is 0 Å². The van der Waals surface area contributed by atoms with Crippen molar-refractivity contribution in [1.29, 1.82) is 0 Å². The molecule has 0 spiro atoms. The van der Waals surface area contributed by atoms with Crippen LogP contribution >= 0.6 is 0 Å². The Bertz CT molecular complexity index is 399. The van der Waals surface area contributed by atoms with Gasteiger partial charge in [-0.2, -0.15) is 0 Å². The summed E-state index contributed by atoms with van der Waals surface area (Å²) in [7, 11) is 0. The molecular weight excluding hydrogens is 254 g/mol. The van der Waals surface area contributed by atoms with Crippen LogP contribution in [0.5, 0.6) is 5.75 Å². The zero-order valence-electron chi connectivity index (χ0n) is 11.8. The Kier molecular flexibility index (Phi) is 5.87. The van der Waals surface area contributed by atoms with Gasteiger partial charge in [0.15, 0.2) is 0 Å². The number of likely N-dealkylation sites (tertiary alicyclic amines) is 1. The van der Waals surface area contributed by atoms with Crippen LogP contribution in [0.25, 0.3) is 0 Å². The van der Waals surface area contributed by atoms with Crippen LogP contribution in [0.2, 0.25) is 0 Å². The molecule has 4 nitrogen and oxygen atoms in total. The molecule has 0 atom stereocenters. The van der Waals surface area contributed by atoms with E-state index >= 15 is 0 Å². The molecule has 1 aliphatic rings. The van der Waals surface area contributed by atoms with Gasteiger partial charge in [-0.1, -0.05) is 18.2 Å². The molecule has 0 radical (unpaired) electrons. The van der Waals surface area contributed by atoms with Gasteiger partial charge in [-0.3, -0.25) is 4.79 Å². The van der Waals surface area contributed by atoms with E-state index in [0.29, 0.717) is 12.3 Å². The zero-order valence-corrected chi connectivity index (χ0v) is 11.8. The van der Waals surface area contributed by atoms with Crippen molar-refractivity contribution in [3.8, 4) is 5.75 Å². The number of para-hydroxylation sites is 1. The fourth-order valence-electron chi connectivity index (χ4n) is 2.66. The van der Waals surface area contributed by atoms with Gasteiger partial charge < -0.3 is 14.7 Å². The van der Waals surface area contributed by atoms with E-state index in [9.17, 15) is 4.79 Å². The van der Waals surface area contributed by atoms with Crippen molar-refractivity contribution in [3.05, 3.63) is 30.3 Å². The number of carboxylic acids is 1. The van der Waals surface area contributed by atoms with Gasteiger partial charge >= 0.3 is 5.97 Å². The van der Waals surface area contributed by atoms with Crippen LogP contribution in [-0.4, -0.2) is 42.2 Å². The highest BCUT2D eigenvalue weighted by Gasteiger charge is 2.20. The zero-order chi connectivity index (χ0) is 14.2. The molecule has 1 aliphatic heterocycles. The van der Waals surface area contributed by atoms with Crippen molar-refractivity contribution in [2.75, 3.05) is 26.2 Å². The number of carbonyl (C=O) groups is 1. The number of carboxylic acid groups (broad SMARTS) is 1. The molecule has 20 heavy (non-hydrogen) atoms. The average Bonchev–Trinajstić information content (AvgIpc) is 2.46. The van der Waals surface area contributed by atoms with E-state index in [1.54, 1.807) is 0 Å². The third kappa shape index (κ3) is 5.21. The average molecular weight is 277 g/mol. The fourth-order valence-corrected chi connectivity index (χ4v) is 2.66. The van der Waals surface area contributed by atoms with Gasteiger partial charge in [-0.15, -0.1) is 0 Å². The number of hydrogen-bond donors (Lipinski definition) is 1. The summed E-state index contributed by atoms with van der Waals surface area (Å²) in [6.45, 7) is 3.80. The Morgan fingerprint density at radius 2 is 1.95 bits per heavy atom. The first-order valence-corrected chi connectivity index (χ1v) is 7.36. The van der Waals surface area contributed by atoms with Gasteiger partial charge in [-0.05, 0) is 50.4 Å². The fraction of sp³-hybridized carbons (Fsp3) is 0.562.